The highest BCUT2D eigenvalue weighted by atomic mass is 16.2. The molecule has 0 unspecified atom stereocenters. The molecule has 1 aliphatic rings. The summed E-state index contributed by atoms with van der Waals surface area (Å²) in [4.78, 5) is 16.9. The Labute approximate surface area is 105 Å². The van der Waals surface area contributed by atoms with Crippen molar-refractivity contribution in [2.45, 2.75) is 19.4 Å². The second kappa shape index (κ2) is 4.19. The summed E-state index contributed by atoms with van der Waals surface area (Å²) in [6.45, 7) is 1.31. The molecule has 4 nitrogen and oxygen atoms in total. The van der Waals surface area contributed by atoms with Gasteiger partial charge >= 0.3 is 0 Å². The molecular weight excluding hydrogens is 226 g/mol. The molecule has 2 aromatic rings. The van der Waals surface area contributed by atoms with Gasteiger partial charge in [-0.05, 0) is 6.07 Å². The summed E-state index contributed by atoms with van der Waals surface area (Å²) in [6, 6.07) is 10.1. The maximum Gasteiger partial charge on any atom is 0.237 e. The molecular formula is C14H13N3O. The number of carbonyl (C=O) groups is 1. The Morgan fingerprint density at radius 2 is 2.28 bits per heavy atom. The molecule has 0 fully saturated rings. The van der Waals surface area contributed by atoms with E-state index in [1.807, 2.05) is 18.2 Å². The molecule has 0 aliphatic carbocycles. The van der Waals surface area contributed by atoms with Crippen molar-refractivity contribution >= 4 is 16.8 Å². The quantitative estimate of drug-likeness (QED) is 0.827. The van der Waals surface area contributed by atoms with Crippen LogP contribution in [-0.2, 0) is 17.8 Å². The number of rotatable bonds is 1. The highest BCUT2D eigenvalue weighted by Crippen LogP contribution is 2.27. The first-order valence-electron chi connectivity index (χ1n) is 6.03. The number of para-hydroxylation sites is 1. The lowest BCUT2D eigenvalue weighted by Gasteiger charge is -2.26. The third-order valence-corrected chi connectivity index (χ3v) is 3.47. The SMILES string of the molecule is N#CCC(=O)N1CCc2[nH]c3ccccc3c2C1. The number of nitrogens with one attached hydrogen (secondary N) is 1. The monoisotopic (exact) mass is 239 g/mol. The number of H-pyrrole nitrogens is 1. The van der Waals surface area contributed by atoms with E-state index in [2.05, 4.69) is 17.1 Å². The minimum Gasteiger partial charge on any atom is -0.358 e. The fraction of sp³-hybridized carbons (Fsp3) is 0.286. The normalized spacial score (nSPS) is 14.3. The molecule has 0 saturated carbocycles. The van der Waals surface area contributed by atoms with Gasteiger partial charge in [-0.25, -0.2) is 0 Å². The molecule has 1 aromatic heterocycles. The van der Waals surface area contributed by atoms with Crippen LogP contribution in [0.2, 0.25) is 0 Å². The molecule has 18 heavy (non-hydrogen) atoms. The summed E-state index contributed by atoms with van der Waals surface area (Å²) in [5, 5.41) is 9.77. The summed E-state index contributed by atoms with van der Waals surface area (Å²) >= 11 is 0. The number of nitrogens with zero attached hydrogens (tertiary/aromatic N) is 2. The van der Waals surface area contributed by atoms with Gasteiger partial charge in [-0.2, -0.15) is 5.26 Å². The third-order valence-electron chi connectivity index (χ3n) is 3.47. The fourth-order valence-corrected chi connectivity index (χ4v) is 2.56. The van der Waals surface area contributed by atoms with Gasteiger partial charge in [-0.3, -0.25) is 4.79 Å². The Kier molecular flexibility index (Phi) is 2.52. The van der Waals surface area contributed by atoms with E-state index in [0.717, 1.165) is 11.9 Å². The highest BCUT2D eigenvalue weighted by Gasteiger charge is 2.23. The molecule has 1 aromatic carbocycles. The molecule has 0 spiro atoms. The Bertz CT molecular complexity index is 651. The average Bonchev–Trinajstić information content (AvgIpc) is 2.76. The van der Waals surface area contributed by atoms with Gasteiger partial charge in [-0.15, -0.1) is 0 Å². The molecule has 1 amide bonds. The van der Waals surface area contributed by atoms with Gasteiger partial charge in [0.2, 0.25) is 5.91 Å². The van der Waals surface area contributed by atoms with Crippen LogP contribution in [0.1, 0.15) is 17.7 Å². The van der Waals surface area contributed by atoms with Gasteiger partial charge in [0.1, 0.15) is 6.42 Å². The minimum absolute atomic E-state index is 0.0301. The first-order valence-corrected chi connectivity index (χ1v) is 6.03. The molecule has 1 N–H and O–H groups in total. The van der Waals surface area contributed by atoms with Crippen LogP contribution in [0.25, 0.3) is 10.9 Å². The van der Waals surface area contributed by atoms with Crippen LogP contribution in [0.4, 0.5) is 0 Å². The van der Waals surface area contributed by atoms with Gasteiger partial charge in [0.15, 0.2) is 0 Å². The standard InChI is InChI=1S/C14H13N3O/c15-7-5-14(18)17-8-6-13-11(9-17)10-3-1-2-4-12(10)16-13/h1-4,16H,5-6,8-9H2. The number of aromatic nitrogens is 1. The number of amides is 1. The van der Waals surface area contributed by atoms with Crippen molar-refractivity contribution in [3.05, 3.63) is 35.5 Å². The highest BCUT2D eigenvalue weighted by molar-refractivity contribution is 5.86. The van der Waals surface area contributed by atoms with Crippen LogP contribution in [0.3, 0.4) is 0 Å². The molecule has 90 valence electrons. The second-order valence-corrected chi connectivity index (χ2v) is 4.53. The first kappa shape index (κ1) is 10.8. The van der Waals surface area contributed by atoms with Crippen molar-refractivity contribution in [2.24, 2.45) is 0 Å². The number of aromatic amines is 1. The van der Waals surface area contributed by atoms with Crippen LogP contribution in [0.15, 0.2) is 24.3 Å². The van der Waals surface area contributed by atoms with Crippen LogP contribution < -0.4 is 0 Å². The largest absolute Gasteiger partial charge is 0.358 e. The molecule has 0 atom stereocenters. The van der Waals surface area contributed by atoms with Crippen molar-refractivity contribution in [3.8, 4) is 6.07 Å². The zero-order valence-corrected chi connectivity index (χ0v) is 9.94. The van der Waals surface area contributed by atoms with Crippen molar-refractivity contribution in [2.75, 3.05) is 6.54 Å². The van der Waals surface area contributed by atoms with Crippen LogP contribution in [0, 0.1) is 11.3 Å². The molecule has 4 heteroatoms. The summed E-state index contributed by atoms with van der Waals surface area (Å²) < 4.78 is 0. The lowest BCUT2D eigenvalue weighted by molar-refractivity contribution is -0.131. The smallest absolute Gasteiger partial charge is 0.237 e. The van der Waals surface area contributed by atoms with E-state index < -0.39 is 0 Å². The maximum absolute atomic E-state index is 11.8. The Balaban J connectivity index is 1.97. The van der Waals surface area contributed by atoms with E-state index in [-0.39, 0.29) is 12.3 Å². The van der Waals surface area contributed by atoms with Crippen molar-refractivity contribution in [1.82, 2.24) is 9.88 Å². The summed E-state index contributed by atoms with van der Waals surface area (Å²) in [5.74, 6) is -0.0755. The molecule has 0 radical (unpaired) electrons. The minimum atomic E-state index is -0.0755. The van der Waals surface area contributed by atoms with Crippen LogP contribution >= 0.6 is 0 Å². The number of nitriles is 1. The van der Waals surface area contributed by atoms with E-state index in [1.165, 1.54) is 16.6 Å². The van der Waals surface area contributed by atoms with Gasteiger partial charge in [0.05, 0.1) is 6.07 Å². The van der Waals surface area contributed by atoms with E-state index in [4.69, 9.17) is 5.26 Å². The van der Waals surface area contributed by atoms with Gasteiger partial charge in [0.25, 0.3) is 0 Å². The molecule has 3 rings (SSSR count). The van der Waals surface area contributed by atoms with E-state index in [9.17, 15) is 4.79 Å². The van der Waals surface area contributed by atoms with E-state index in [1.54, 1.807) is 4.90 Å². The fourth-order valence-electron chi connectivity index (χ4n) is 2.56. The lowest BCUT2D eigenvalue weighted by Crippen LogP contribution is -2.35. The maximum atomic E-state index is 11.8. The van der Waals surface area contributed by atoms with Crippen molar-refractivity contribution in [1.29, 1.82) is 5.26 Å². The number of benzene rings is 1. The van der Waals surface area contributed by atoms with Crippen LogP contribution in [-0.4, -0.2) is 22.3 Å². The average molecular weight is 239 g/mol. The lowest BCUT2D eigenvalue weighted by atomic mass is 10.0. The van der Waals surface area contributed by atoms with Gasteiger partial charge < -0.3 is 9.88 Å². The van der Waals surface area contributed by atoms with E-state index in [0.29, 0.717) is 13.1 Å². The Morgan fingerprint density at radius 3 is 3.11 bits per heavy atom. The summed E-state index contributed by atoms with van der Waals surface area (Å²) in [6.07, 6.45) is 0.804. The van der Waals surface area contributed by atoms with Crippen molar-refractivity contribution in [3.63, 3.8) is 0 Å². The molecule has 0 saturated heterocycles. The summed E-state index contributed by atoms with van der Waals surface area (Å²) in [7, 11) is 0. The molecule has 0 bridgehead atoms. The molecule has 2 heterocycles. The van der Waals surface area contributed by atoms with Gasteiger partial charge in [0, 0.05) is 41.7 Å². The van der Waals surface area contributed by atoms with Crippen LogP contribution in [0.5, 0.6) is 0 Å². The predicted octanol–water partition coefficient (Wildman–Crippen LogP) is 1.97. The number of hydrogen-bond donors (Lipinski definition) is 1. The number of fused-ring (bicyclic) bond motifs is 3. The topological polar surface area (TPSA) is 59.9 Å². The summed E-state index contributed by atoms with van der Waals surface area (Å²) in [5.41, 5.74) is 3.54. The number of carbonyl (C=O) groups excluding carboxylic acids is 1. The van der Waals surface area contributed by atoms with Crippen molar-refractivity contribution < 1.29 is 4.79 Å². The van der Waals surface area contributed by atoms with Gasteiger partial charge in [-0.1, -0.05) is 18.2 Å². The Morgan fingerprint density at radius 1 is 1.44 bits per heavy atom. The first-order chi connectivity index (χ1) is 8.79. The Hall–Kier alpha value is -2.28. The molecule has 1 aliphatic heterocycles. The zero-order valence-electron chi connectivity index (χ0n) is 9.94. The van der Waals surface area contributed by atoms with E-state index >= 15 is 0 Å². The predicted molar refractivity (Wildman–Crippen MR) is 67.6 cm³/mol. The third kappa shape index (κ3) is 1.65. The second-order valence-electron chi connectivity index (χ2n) is 4.53. The zero-order chi connectivity index (χ0) is 12.5. The number of hydrogen-bond acceptors (Lipinski definition) is 2.